The first-order valence-corrected chi connectivity index (χ1v) is 12.5. The Bertz CT molecular complexity index is 1680. The van der Waals surface area contributed by atoms with Crippen molar-refractivity contribution in [3.8, 4) is 27.9 Å². The largest absolute Gasteiger partial charge is 0.496 e. The van der Waals surface area contributed by atoms with Crippen LogP contribution in [-0.2, 0) is 6.54 Å². The van der Waals surface area contributed by atoms with Crippen LogP contribution in [0.15, 0.2) is 40.2 Å². The van der Waals surface area contributed by atoms with Gasteiger partial charge in [-0.1, -0.05) is 11.6 Å². The van der Waals surface area contributed by atoms with Crippen LogP contribution < -0.4 is 26.6 Å². The molecule has 184 valence electrons. The normalized spacial score (nSPS) is 10.9. The number of halogens is 1. The molecule has 0 spiro atoms. The van der Waals surface area contributed by atoms with Crippen LogP contribution in [0.25, 0.3) is 26.3 Å². The molecule has 3 heterocycles. The molecule has 0 saturated heterocycles. The Morgan fingerprint density at radius 1 is 1.33 bits per heavy atom. The quantitative estimate of drug-likeness (QED) is 0.271. The number of nitriles is 1. The van der Waals surface area contributed by atoms with Crippen molar-refractivity contribution in [1.29, 1.82) is 10.7 Å². The van der Waals surface area contributed by atoms with Gasteiger partial charge in [0.2, 0.25) is 0 Å². The summed E-state index contributed by atoms with van der Waals surface area (Å²) in [6.07, 6.45) is 2.99. The Morgan fingerprint density at radius 2 is 2.08 bits per heavy atom. The maximum Gasteiger partial charge on any atom is 0.336 e. The van der Waals surface area contributed by atoms with Crippen LogP contribution in [0, 0.1) is 16.7 Å². The summed E-state index contributed by atoms with van der Waals surface area (Å²) in [6.45, 7) is 1.69. The molecule has 1 unspecified atom stereocenters. The third-order valence-corrected chi connectivity index (χ3v) is 7.59. The van der Waals surface area contributed by atoms with E-state index < -0.39 is 11.2 Å². The fourth-order valence-electron chi connectivity index (χ4n) is 3.97. The molecule has 0 aliphatic rings. The molecule has 9 nitrogen and oxygen atoms in total. The molecule has 1 aromatic carbocycles. The number of aryl methyl sites for hydroxylation is 1. The molecular weight excluding hydrogens is 519 g/mol. The predicted molar refractivity (Wildman–Crippen MR) is 148 cm³/mol. The lowest BCUT2D eigenvalue weighted by molar-refractivity contribution is 0.418. The number of ether oxygens (including phenoxy) is 1. The zero-order valence-corrected chi connectivity index (χ0v) is 22.4. The Hall–Kier alpha value is -3.51. The monoisotopic (exact) mass is 540 g/mol. The maximum absolute atomic E-state index is 13.8. The van der Waals surface area contributed by atoms with E-state index in [1.165, 1.54) is 28.3 Å². The van der Waals surface area contributed by atoms with Gasteiger partial charge in [0, 0.05) is 46.8 Å². The van der Waals surface area contributed by atoms with E-state index in [4.69, 9.17) is 21.7 Å². The highest BCUT2D eigenvalue weighted by atomic mass is 35.5. The van der Waals surface area contributed by atoms with Crippen molar-refractivity contribution >= 4 is 59.1 Å². The first-order chi connectivity index (χ1) is 17.2. The second-order valence-corrected chi connectivity index (χ2v) is 9.92. The first kappa shape index (κ1) is 25.6. The topological polar surface area (TPSA) is 126 Å². The molecule has 0 aliphatic heterocycles. The summed E-state index contributed by atoms with van der Waals surface area (Å²) in [5, 5.41) is 21.5. The fourth-order valence-corrected chi connectivity index (χ4v) is 5.90. The highest BCUT2D eigenvalue weighted by molar-refractivity contribution is 7.27. The second kappa shape index (κ2) is 10.2. The number of benzene rings is 1. The Balaban J connectivity index is 2.09. The summed E-state index contributed by atoms with van der Waals surface area (Å²) in [4.78, 5) is 32.3. The van der Waals surface area contributed by atoms with Gasteiger partial charge in [-0.15, -0.1) is 20.6 Å². The Kier molecular flexibility index (Phi) is 7.27. The Labute approximate surface area is 217 Å². The third-order valence-electron chi connectivity index (χ3n) is 5.68. The number of nitrogens with zero attached hydrogens (tertiary/aromatic N) is 4. The van der Waals surface area contributed by atoms with Gasteiger partial charge in [0.05, 0.1) is 47.7 Å². The SMILES string of the molecule is CNc1c(C(C)=N)cncc1-n1c(=O)c2sc(-c3cc(OC)c(P)cc3Cl)cc2n(CCC#N)c1=O. The Morgan fingerprint density at radius 3 is 2.72 bits per heavy atom. The van der Waals surface area contributed by atoms with Gasteiger partial charge in [-0.3, -0.25) is 14.3 Å². The van der Waals surface area contributed by atoms with E-state index in [9.17, 15) is 14.9 Å². The molecular formula is C24H22ClN6O3PS. The fraction of sp³-hybridized carbons (Fsp3) is 0.208. The number of fused-ring (bicyclic) bond motifs is 1. The number of hydrogen-bond acceptors (Lipinski definition) is 8. The van der Waals surface area contributed by atoms with E-state index in [1.807, 2.05) is 0 Å². The summed E-state index contributed by atoms with van der Waals surface area (Å²) >= 11 is 7.73. The van der Waals surface area contributed by atoms with E-state index in [0.717, 1.165) is 9.87 Å². The number of hydrogen-bond donors (Lipinski definition) is 2. The molecule has 3 aromatic heterocycles. The maximum atomic E-state index is 13.8. The molecule has 1 atom stereocenters. The van der Waals surface area contributed by atoms with Crippen LogP contribution in [0.3, 0.4) is 0 Å². The molecule has 0 aliphatic carbocycles. The van der Waals surface area contributed by atoms with Crippen LogP contribution in [0.1, 0.15) is 18.9 Å². The van der Waals surface area contributed by atoms with E-state index in [1.54, 1.807) is 39.3 Å². The molecule has 12 heteroatoms. The van der Waals surface area contributed by atoms with E-state index in [2.05, 4.69) is 25.6 Å². The minimum Gasteiger partial charge on any atom is -0.496 e. The molecule has 0 amide bonds. The highest BCUT2D eigenvalue weighted by Crippen LogP contribution is 2.38. The van der Waals surface area contributed by atoms with Crippen LogP contribution in [0.4, 0.5) is 5.69 Å². The standard InChI is InChI=1S/C24H22ClN6O3PS/c1-12(27)14-10-29-11-17(21(14)28-2)31-23(32)22-16(30(24(31)33)6-4-5-26)9-20(36-22)13-7-18(34-3)19(35)8-15(13)25/h7-11,27H,4,6,35H2,1-3H3,(H,28,29). The number of pyridine rings is 1. The van der Waals surface area contributed by atoms with Crippen molar-refractivity contribution in [1.82, 2.24) is 14.1 Å². The molecule has 0 fully saturated rings. The van der Waals surface area contributed by atoms with Crippen LogP contribution in [0.2, 0.25) is 5.02 Å². The lowest BCUT2D eigenvalue weighted by Crippen LogP contribution is -2.39. The van der Waals surface area contributed by atoms with Gasteiger partial charge in [0.1, 0.15) is 10.4 Å². The molecule has 0 bridgehead atoms. The van der Waals surface area contributed by atoms with Gasteiger partial charge in [-0.2, -0.15) is 5.26 Å². The summed E-state index contributed by atoms with van der Waals surface area (Å²) < 4.78 is 8.21. The molecule has 4 aromatic rings. The minimum atomic E-state index is -0.603. The van der Waals surface area contributed by atoms with Crippen LogP contribution in [-0.4, -0.2) is 34.0 Å². The number of nitrogens with one attached hydrogen (secondary N) is 2. The third kappa shape index (κ3) is 4.30. The zero-order chi connectivity index (χ0) is 26.1. The van der Waals surface area contributed by atoms with E-state index in [-0.39, 0.29) is 24.4 Å². The number of thiophene rings is 1. The lowest BCUT2D eigenvalue weighted by Gasteiger charge is -2.16. The molecule has 0 radical (unpaired) electrons. The van der Waals surface area contributed by atoms with Crippen molar-refractivity contribution in [3.63, 3.8) is 0 Å². The molecule has 2 N–H and O–H groups in total. The summed E-state index contributed by atoms with van der Waals surface area (Å²) in [7, 11) is 5.77. The summed E-state index contributed by atoms with van der Waals surface area (Å²) in [5.41, 5.74) is 1.30. The predicted octanol–water partition coefficient (Wildman–Crippen LogP) is 3.78. The van der Waals surface area contributed by atoms with Gasteiger partial charge in [0.15, 0.2) is 0 Å². The molecule has 0 saturated carbocycles. The van der Waals surface area contributed by atoms with Crippen molar-refractivity contribution in [2.75, 3.05) is 19.5 Å². The second-order valence-electron chi connectivity index (χ2n) is 7.84. The molecule has 4 rings (SSSR count). The van der Waals surface area contributed by atoms with Gasteiger partial charge >= 0.3 is 5.69 Å². The number of aromatic nitrogens is 3. The zero-order valence-electron chi connectivity index (χ0n) is 19.7. The van der Waals surface area contributed by atoms with Crippen LogP contribution >= 0.6 is 32.2 Å². The van der Waals surface area contributed by atoms with Crippen molar-refractivity contribution in [2.24, 2.45) is 0 Å². The van der Waals surface area contributed by atoms with Gasteiger partial charge in [0.25, 0.3) is 5.56 Å². The number of rotatable bonds is 7. The van der Waals surface area contributed by atoms with Gasteiger partial charge in [-0.25, -0.2) is 9.36 Å². The van der Waals surface area contributed by atoms with E-state index >= 15 is 0 Å². The number of anilines is 1. The number of methoxy groups -OCH3 is 1. The van der Waals surface area contributed by atoms with E-state index in [0.29, 0.717) is 42.7 Å². The first-order valence-electron chi connectivity index (χ1n) is 10.7. The molecule has 36 heavy (non-hydrogen) atoms. The van der Waals surface area contributed by atoms with Gasteiger partial charge in [-0.05, 0) is 25.1 Å². The van der Waals surface area contributed by atoms with Crippen molar-refractivity contribution < 1.29 is 4.74 Å². The van der Waals surface area contributed by atoms with Crippen molar-refractivity contribution in [3.05, 3.63) is 62.0 Å². The summed E-state index contributed by atoms with van der Waals surface area (Å²) in [6, 6.07) is 7.33. The lowest BCUT2D eigenvalue weighted by atomic mass is 10.1. The smallest absolute Gasteiger partial charge is 0.336 e. The van der Waals surface area contributed by atoms with Crippen molar-refractivity contribution in [2.45, 2.75) is 19.9 Å². The van der Waals surface area contributed by atoms with Gasteiger partial charge < -0.3 is 15.5 Å². The highest BCUT2D eigenvalue weighted by Gasteiger charge is 2.22. The average molecular weight is 541 g/mol. The average Bonchev–Trinajstić information content (AvgIpc) is 3.29. The summed E-state index contributed by atoms with van der Waals surface area (Å²) in [5.74, 6) is 0.611. The minimum absolute atomic E-state index is 0.0749. The van der Waals surface area contributed by atoms with Crippen LogP contribution in [0.5, 0.6) is 5.75 Å².